The van der Waals surface area contributed by atoms with Crippen LogP contribution >= 0.6 is 0 Å². The Balaban J connectivity index is 2.48. The van der Waals surface area contributed by atoms with E-state index in [-0.39, 0.29) is 0 Å². The van der Waals surface area contributed by atoms with Gasteiger partial charge in [0.1, 0.15) is 5.94 Å². The highest BCUT2D eigenvalue weighted by Crippen LogP contribution is 2.51. The number of allylic oxidation sites excluding steroid dienone is 1. The van der Waals surface area contributed by atoms with E-state index in [1.54, 1.807) is 6.08 Å². The normalized spacial score (nSPS) is 31.0. The van der Waals surface area contributed by atoms with E-state index in [2.05, 4.69) is 13.8 Å². The molecular formula is C7H10O. The molecule has 1 nitrogen and oxygen atoms in total. The van der Waals surface area contributed by atoms with Crippen LogP contribution in [0.1, 0.15) is 20.3 Å². The molecule has 0 heterocycles. The third-order valence-corrected chi connectivity index (χ3v) is 1.86. The zero-order valence-electron chi connectivity index (χ0n) is 5.27. The summed E-state index contributed by atoms with van der Waals surface area (Å²) in [6.45, 7) is 4.32. The van der Waals surface area contributed by atoms with Gasteiger partial charge >= 0.3 is 0 Å². The van der Waals surface area contributed by atoms with Gasteiger partial charge in [0.15, 0.2) is 0 Å². The van der Waals surface area contributed by atoms with Gasteiger partial charge in [0, 0.05) is 6.08 Å². The minimum atomic E-state index is 0.400. The summed E-state index contributed by atoms with van der Waals surface area (Å²) in [6.07, 6.45) is 2.78. The van der Waals surface area contributed by atoms with Crippen LogP contribution in [0, 0.1) is 11.3 Å². The maximum atomic E-state index is 9.76. The van der Waals surface area contributed by atoms with Crippen molar-refractivity contribution in [3.8, 4) is 0 Å². The lowest BCUT2D eigenvalue weighted by Crippen LogP contribution is -1.85. The average molecular weight is 110 g/mol. The smallest absolute Gasteiger partial charge is 0.120 e. The fourth-order valence-electron chi connectivity index (χ4n) is 0.875. The van der Waals surface area contributed by atoms with Gasteiger partial charge in [-0.1, -0.05) is 13.8 Å². The summed E-state index contributed by atoms with van der Waals surface area (Å²) >= 11 is 0. The van der Waals surface area contributed by atoms with Gasteiger partial charge in [0.2, 0.25) is 0 Å². The summed E-state index contributed by atoms with van der Waals surface area (Å²) in [5, 5.41) is 0. The van der Waals surface area contributed by atoms with Crippen LogP contribution in [0.5, 0.6) is 0 Å². The van der Waals surface area contributed by atoms with Crippen molar-refractivity contribution in [1.29, 1.82) is 0 Å². The molecule has 1 saturated carbocycles. The molecule has 0 aromatic heterocycles. The predicted octanol–water partition coefficient (Wildman–Crippen LogP) is 1.42. The minimum Gasteiger partial charge on any atom is -0.234 e. The molecule has 1 aliphatic carbocycles. The van der Waals surface area contributed by atoms with E-state index in [0.717, 1.165) is 6.42 Å². The summed E-state index contributed by atoms with van der Waals surface area (Å²) in [5.41, 5.74) is 0.400. The number of carbonyl (C=O) groups excluding carboxylic acids is 1. The number of hydrogen-bond acceptors (Lipinski definition) is 1. The fraction of sp³-hybridized carbons (Fsp3) is 0.714. The highest BCUT2D eigenvalue weighted by molar-refractivity contribution is 5.47. The Morgan fingerprint density at radius 2 is 2.25 bits per heavy atom. The summed E-state index contributed by atoms with van der Waals surface area (Å²) < 4.78 is 0. The maximum Gasteiger partial charge on any atom is 0.120 e. The first-order valence-corrected chi connectivity index (χ1v) is 2.88. The van der Waals surface area contributed by atoms with E-state index in [1.165, 1.54) is 0 Å². The first kappa shape index (κ1) is 5.58. The Hall–Kier alpha value is -0.550. The van der Waals surface area contributed by atoms with Crippen LogP contribution < -0.4 is 0 Å². The summed E-state index contributed by atoms with van der Waals surface area (Å²) in [6, 6.07) is 0. The average Bonchev–Trinajstić information content (AvgIpc) is 2.15. The standard InChI is InChI=1S/C7H10O/c1-7(2)5-6(7)3-4-8/h3,6H,5H2,1-2H3. The van der Waals surface area contributed by atoms with E-state index in [0.29, 0.717) is 11.3 Å². The predicted molar refractivity (Wildman–Crippen MR) is 32.2 cm³/mol. The van der Waals surface area contributed by atoms with E-state index in [4.69, 9.17) is 0 Å². The molecular weight excluding hydrogens is 100 g/mol. The van der Waals surface area contributed by atoms with Crippen molar-refractivity contribution in [3.05, 3.63) is 6.08 Å². The molecule has 0 saturated heterocycles. The van der Waals surface area contributed by atoms with E-state index >= 15 is 0 Å². The molecule has 1 fully saturated rings. The first-order chi connectivity index (χ1) is 3.67. The van der Waals surface area contributed by atoms with E-state index in [1.807, 2.05) is 5.94 Å². The molecule has 0 radical (unpaired) electrons. The topological polar surface area (TPSA) is 17.1 Å². The molecule has 1 unspecified atom stereocenters. The molecule has 1 rings (SSSR count). The molecule has 44 valence electrons. The molecule has 0 aliphatic heterocycles. The summed E-state index contributed by atoms with van der Waals surface area (Å²) in [5.74, 6) is 2.32. The van der Waals surface area contributed by atoms with Crippen molar-refractivity contribution in [2.75, 3.05) is 0 Å². The van der Waals surface area contributed by atoms with Gasteiger partial charge < -0.3 is 0 Å². The Morgan fingerprint density at radius 1 is 1.75 bits per heavy atom. The van der Waals surface area contributed by atoms with Gasteiger partial charge in [-0.15, -0.1) is 0 Å². The van der Waals surface area contributed by atoms with Crippen LogP contribution in [0.4, 0.5) is 0 Å². The van der Waals surface area contributed by atoms with Crippen LogP contribution in [0.15, 0.2) is 6.08 Å². The molecule has 1 heteroatoms. The van der Waals surface area contributed by atoms with Crippen molar-refractivity contribution in [2.24, 2.45) is 11.3 Å². The van der Waals surface area contributed by atoms with Crippen molar-refractivity contribution < 1.29 is 4.79 Å². The van der Waals surface area contributed by atoms with Crippen LogP contribution in [0.2, 0.25) is 0 Å². The monoisotopic (exact) mass is 110 g/mol. The lowest BCUT2D eigenvalue weighted by Gasteiger charge is -1.92. The maximum absolute atomic E-state index is 9.76. The van der Waals surface area contributed by atoms with Gasteiger partial charge in [-0.25, -0.2) is 4.79 Å². The van der Waals surface area contributed by atoms with Crippen LogP contribution in [0.3, 0.4) is 0 Å². The molecule has 0 amide bonds. The van der Waals surface area contributed by atoms with Crippen molar-refractivity contribution >= 4 is 5.94 Å². The highest BCUT2D eigenvalue weighted by Gasteiger charge is 2.43. The molecule has 0 bridgehead atoms. The second-order valence-electron chi connectivity index (χ2n) is 3.08. The van der Waals surface area contributed by atoms with Gasteiger partial charge in [-0.3, -0.25) is 0 Å². The van der Waals surface area contributed by atoms with Crippen LogP contribution in [-0.2, 0) is 4.79 Å². The third-order valence-electron chi connectivity index (χ3n) is 1.86. The Bertz CT molecular complexity index is 140. The molecule has 8 heavy (non-hydrogen) atoms. The Labute approximate surface area is 49.4 Å². The SMILES string of the molecule is CC1(C)CC1C=C=O. The van der Waals surface area contributed by atoms with Gasteiger partial charge in [-0.05, 0) is 17.8 Å². The fourth-order valence-corrected chi connectivity index (χ4v) is 0.875. The quantitative estimate of drug-likeness (QED) is 0.466. The Morgan fingerprint density at radius 3 is 2.38 bits per heavy atom. The molecule has 0 aromatic rings. The van der Waals surface area contributed by atoms with Gasteiger partial charge in [0.25, 0.3) is 0 Å². The van der Waals surface area contributed by atoms with Gasteiger partial charge in [0.05, 0.1) is 0 Å². The molecule has 0 spiro atoms. The second-order valence-corrected chi connectivity index (χ2v) is 3.08. The first-order valence-electron chi connectivity index (χ1n) is 2.88. The molecule has 1 aliphatic rings. The van der Waals surface area contributed by atoms with Gasteiger partial charge in [-0.2, -0.15) is 0 Å². The highest BCUT2D eigenvalue weighted by atomic mass is 16.1. The number of rotatable bonds is 1. The van der Waals surface area contributed by atoms with Crippen molar-refractivity contribution in [1.82, 2.24) is 0 Å². The van der Waals surface area contributed by atoms with E-state index in [9.17, 15) is 4.79 Å². The molecule has 1 atom stereocenters. The third kappa shape index (κ3) is 0.823. The molecule has 0 N–H and O–H groups in total. The Kier molecular flexibility index (Phi) is 1.02. The van der Waals surface area contributed by atoms with Crippen LogP contribution in [-0.4, -0.2) is 5.94 Å². The molecule has 0 aromatic carbocycles. The summed E-state index contributed by atoms with van der Waals surface area (Å²) in [4.78, 5) is 9.76. The number of hydrogen-bond donors (Lipinski definition) is 0. The van der Waals surface area contributed by atoms with E-state index < -0.39 is 0 Å². The lowest BCUT2D eigenvalue weighted by atomic mass is 10.1. The lowest BCUT2D eigenvalue weighted by molar-refractivity contribution is 0.564. The zero-order valence-corrected chi connectivity index (χ0v) is 5.27. The zero-order chi connectivity index (χ0) is 6.20. The van der Waals surface area contributed by atoms with Crippen molar-refractivity contribution in [3.63, 3.8) is 0 Å². The minimum absolute atomic E-state index is 0.400. The largest absolute Gasteiger partial charge is 0.234 e. The summed E-state index contributed by atoms with van der Waals surface area (Å²) in [7, 11) is 0. The second kappa shape index (κ2) is 1.46. The van der Waals surface area contributed by atoms with Crippen molar-refractivity contribution in [2.45, 2.75) is 20.3 Å². The van der Waals surface area contributed by atoms with Crippen LogP contribution in [0.25, 0.3) is 0 Å².